The van der Waals surface area contributed by atoms with Crippen molar-refractivity contribution in [3.8, 4) is 44.5 Å². The first-order chi connectivity index (χ1) is 31.7. The van der Waals surface area contributed by atoms with Gasteiger partial charge in [0.1, 0.15) is 0 Å². The minimum Gasteiger partial charge on any atom is -0.354 e. The third-order valence-corrected chi connectivity index (χ3v) is 12.9. The fourth-order valence-electron chi connectivity index (χ4n) is 9.80. The van der Waals surface area contributed by atoms with E-state index in [0.29, 0.717) is 0 Å². The monoisotopic (exact) mass is 870 g/mol. The van der Waals surface area contributed by atoms with Crippen molar-refractivity contribution in [3.63, 3.8) is 0 Å². The van der Waals surface area contributed by atoms with Gasteiger partial charge in [0, 0.05) is 61.4 Å². The maximum atomic E-state index is 5.58. The number of fused-ring (bicyclic) bond motifs is 12. The van der Waals surface area contributed by atoms with Crippen LogP contribution in [0.1, 0.15) is 22.8 Å². The molecule has 0 radical (unpaired) electrons. The molecule has 8 bridgehead atoms. The molecule has 0 spiro atoms. The number of hydrogen-bond donors (Lipinski definition) is 2. The van der Waals surface area contributed by atoms with E-state index in [2.05, 4.69) is 228 Å². The van der Waals surface area contributed by atoms with Gasteiger partial charge in [0.25, 0.3) is 0 Å². The van der Waals surface area contributed by atoms with Crippen LogP contribution in [0.15, 0.2) is 194 Å². The van der Waals surface area contributed by atoms with Gasteiger partial charge in [0.15, 0.2) is 0 Å². The molecule has 4 nitrogen and oxygen atoms in total. The van der Waals surface area contributed by atoms with Crippen LogP contribution in [0.5, 0.6) is 0 Å². The van der Waals surface area contributed by atoms with E-state index < -0.39 is 0 Å². The third-order valence-electron chi connectivity index (χ3n) is 12.9. The Morgan fingerprint density at radius 3 is 0.723 bits per heavy atom. The van der Waals surface area contributed by atoms with Gasteiger partial charge in [-0.3, -0.25) is 0 Å². The fraction of sp³-hybridized carbons (Fsp3) is 0. The molecule has 306 valence electrons. The third kappa shape index (κ3) is 6.69. The van der Waals surface area contributed by atoms with E-state index in [-0.39, 0.29) is 17.1 Å². The summed E-state index contributed by atoms with van der Waals surface area (Å²) >= 11 is 0. The van der Waals surface area contributed by atoms with Gasteiger partial charge in [0.05, 0.1) is 22.8 Å². The first-order valence-corrected chi connectivity index (χ1v) is 21.8. The van der Waals surface area contributed by atoms with Crippen LogP contribution in [-0.2, 0) is 17.1 Å². The summed E-state index contributed by atoms with van der Waals surface area (Å²) in [6.07, 6.45) is 8.70. The quantitative estimate of drug-likeness (QED) is 0.173. The number of hydrogen-bond acceptors (Lipinski definition) is 2. The Hall–Kier alpha value is -8.08. The van der Waals surface area contributed by atoms with E-state index in [4.69, 9.17) is 9.97 Å². The van der Waals surface area contributed by atoms with Crippen LogP contribution in [0.25, 0.3) is 134 Å². The summed E-state index contributed by atoms with van der Waals surface area (Å²) in [4.78, 5) is 19.0. The first kappa shape index (κ1) is 38.6. The number of nitrogens with zero attached hydrogens (tertiary/aromatic N) is 2. The maximum Gasteiger partial charge on any atom is 0.0737 e. The van der Waals surface area contributed by atoms with Crippen LogP contribution in [-0.4, -0.2) is 19.9 Å². The number of nitrogens with one attached hydrogen (secondary N) is 2. The van der Waals surface area contributed by atoms with Crippen molar-refractivity contribution in [1.29, 1.82) is 0 Å². The van der Waals surface area contributed by atoms with E-state index in [1.165, 1.54) is 43.1 Å². The Labute approximate surface area is 385 Å². The molecule has 0 unspecified atom stereocenters. The molecule has 0 saturated carbocycles. The van der Waals surface area contributed by atoms with Gasteiger partial charge in [-0.1, -0.05) is 146 Å². The summed E-state index contributed by atoms with van der Waals surface area (Å²) < 4.78 is 0. The van der Waals surface area contributed by atoms with Gasteiger partial charge in [-0.05, 0) is 138 Å². The molecule has 0 saturated heterocycles. The van der Waals surface area contributed by atoms with Gasteiger partial charge < -0.3 is 9.97 Å². The van der Waals surface area contributed by atoms with E-state index in [1.54, 1.807) is 0 Å². The second-order valence-corrected chi connectivity index (χ2v) is 16.8. The Kier molecular flexibility index (Phi) is 9.27. The van der Waals surface area contributed by atoms with Crippen molar-refractivity contribution in [3.05, 3.63) is 217 Å². The molecule has 2 N–H and O–H groups in total. The number of rotatable bonds is 4. The summed E-state index contributed by atoms with van der Waals surface area (Å²) in [6, 6.07) is 69.8. The molecule has 8 aromatic carbocycles. The second kappa shape index (κ2) is 15.6. The van der Waals surface area contributed by atoms with Crippen molar-refractivity contribution < 1.29 is 17.1 Å². The van der Waals surface area contributed by atoms with Crippen LogP contribution >= 0.6 is 0 Å². The maximum absolute atomic E-state index is 5.58. The van der Waals surface area contributed by atoms with Gasteiger partial charge in [-0.15, -0.1) is 0 Å². The van der Waals surface area contributed by atoms with E-state index >= 15 is 0 Å². The van der Waals surface area contributed by atoms with Crippen LogP contribution in [0.3, 0.4) is 0 Å². The van der Waals surface area contributed by atoms with Crippen LogP contribution in [0.2, 0.25) is 0 Å². The number of aromatic amines is 2. The number of benzene rings is 8. The number of H-pyrrole nitrogens is 2. The molecule has 2 aliphatic heterocycles. The predicted molar refractivity (Wildman–Crippen MR) is 271 cm³/mol. The molecule has 0 fully saturated rings. The minimum atomic E-state index is 0. The van der Waals surface area contributed by atoms with Crippen molar-refractivity contribution in [1.82, 2.24) is 19.9 Å². The van der Waals surface area contributed by atoms with Gasteiger partial charge in [-0.25, -0.2) is 9.97 Å². The molecule has 0 atom stereocenters. The average molecular weight is 871 g/mol. The van der Waals surface area contributed by atoms with Crippen LogP contribution in [0, 0.1) is 0 Å². The zero-order valence-corrected chi connectivity index (χ0v) is 36.1. The van der Waals surface area contributed by atoms with E-state index in [0.717, 1.165) is 89.4 Å². The fourth-order valence-corrected chi connectivity index (χ4v) is 9.80. The molecule has 3 aromatic heterocycles. The van der Waals surface area contributed by atoms with Crippen molar-refractivity contribution in [2.45, 2.75) is 0 Å². The molecule has 0 aliphatic carbocycles. The second-order valence-electron chi connectivity index (χ2n) is 16.8. The minimum absolute atomic E-state index is 0. The smallest absolute Gasteiger partial charge is 0.0737 e. The van der Waals surface area contributed by atoms with E-state index in [1.807, 2.05) is 0 Å². The van der Waals surface area contributed by atoms with Crippen molar-refractivity contribution in [2.75, 3.05) is 0 Å². The normalized spacial score (nSPS) is 12.1. The molecule has 13 rings (SSSR count). The zero-order valence-electron chi connectivity index (χ0n) is 35.0. The zero-order chi connectivity index (χ0) is 42.1. The van der Waals surface area contributed by atoms with Crippen LogP contribution in [0.4, 0.5) is 0 Å². The SMILES string of the molecule is C1=Cc2nc1c(-c1ccc3ccccc3c1)c1ccc([nH]1)c(-c1ccc3ccccc3c1)c1nc(c(-c3ccc4ccccc4c3)c3ccc([nH]3)c2-c2ccc3ccccc3c2)C=C1.[Fe]. The number of aromatic nitrogens is 4. The molecular formula is C60H38FeN4. The van der Waals surface area contributed by atoms with Gasteiger partial charge in [0.2, 0.25) is 0 Å². The molecule has 2 aliphatic rings. The Morgan fingerprint density at radius 1 is 0.246 bits per heavy atom. The molecule has 65 heavy (non-hydrogen) atoms. The molecule has 11 aromatic rings. The van der Waals surface area contributed by atoms with E-state index in [9.17, 15) is 0 Å². The Bertz CT molecular complexity index is 3470. The average Bonchev–Trinajstić information content (AvgIpc) is 4.20. The molecular weight excluding hydrogens is 833 g/mol. The topological polar surface area (TPSA) is 57.4 Å². The summed E-state index contributed by atoms with van der Waals surface area (Å²) in [7, 11) is 0. The summed E-state index contributed by atoms with van der Waals surface area (Å²) in [5.41, 5.74) is 15.9. The molecule has 5 heteroatoms. The van der Waals surface area contributed by atoms with Gasteiger partial charge >= 0.3 is 0 Å². The first-order valence-electron chi connectivity index (χ1n) is 21.8. The van der Waals surface area contributed by atoms with Crippen molar-refractivity contribution >= 4 is 89.5 Å². The summed E-state index contributed by atoms with van der Waals surface area (Å²) in [6.45, 7) is 0. The molecule has 5 heterocycles. The van der Waals surface area contributed by atoms with Crippen LogP contribution < -0.4 is 0 Å². The summed E-state index contributed by atoms with van der Waals surface area (Å²) in [5, 5.41) is 9.50. The largest absolute Gasteiger partial charge is 0.354 e. The summed E-state index contributed by atoms with van der Waals surface area (Å²) in [5.74, 6) is 0. The Balaban J connectivity index is 0.00000444. The van der Waals surface area contributed by atoms with Crippen molar-refractivity contribution in [2.24, 2.45) is 0 Å². The predicted octanol–water partition coefficient (Wildman–Crippen LogP) is 15.9. The standard InChI is InChI=1S/C60H38N4.Fe/c1-5-13-41-33-45(21-17-37(41)9-1)57-49-25-27-51(61-49)58(46-22-18-38-10-2-6-14-42(38)34-46)53-29-31-55(63-53)60(48-24-20-40-12-4-8-16-44(40)36-48)56-32-30-54(64-56)59(52-28-26-50(57)62-52)47-23-19-39-11-3-7-15-43(39)35-47;/h1-36,61,64H;. The van der Waals surface area contributed by atoms with Gasteiger partial charge in [-0.2, -0.15) is 0 Å². The molecule has 0 amide bonds. The Morgan fingerprint density at radius 2 is 0.477 bits per heavy atom.